The van der Waals surface area contributed by atoms with Gasteiger partial charge < -0.3 is 15.6 Å². The molecular weight excluding hydrogens is 410 g/mol. The van der Waals surface area contributed by atoms with Gasteiger partial charge in [0.15, 0.2) is 5.78 Å². The summed E-state index contributed by atoms with van der Waals surface area (Å²) in [6.45, 7) is 2.55. The van der Waals surface area contributed by atoms with Gasteiger partial charge in [-0.05, 0) is 37.1 Å². The number of fused-ring (bicyclic) bond motifs is 1. The van der Waals surface area contributed by atoms with Gasteiger partial charge in [0, 0.05) is 35.3 Å². The topological polar surface area (TPSA) is 90.1 Å². The number of ketones is 1. The van der Waals surface area contributed by atoms with Crippen LogP contribution in [0.25, 0.3) is 11.3 Å². The molecule has 158 valence electrons. The van der Waals surface area contributed by atoms with Gasteiger partial charge in [-0.1, -0.05) is 30.1 Å². The summed E-state index contributed by atoms with van der Waals surface area (Å²) in [6.07, 6.45) is 4.10. The molecule has 1 saturated carbocycles. The summed E-state index contributed by atoms with van der Waals surface area (Å²) in [6, 6.07) is 13.5. The number of aromatic amines is 1. The number of rotatable bonds is 6. The van der Waals surface area contributed by atoms with Crippen LogP contribution in [0.2, 0.25) is 0 Å². The Morgan fingerprint density at radius 3 is 2.74 bits per heavy atom. The van der Waals surface area contributed by atoms with Crippen molar-refractivity contribution in [3.8, 4) is 11.3 Å². The third-order valence-corrected chi connectivity index (χ3v) is 6.56. The van der Waals surface area contributed by atoms with Crippen molar-refractivity contribution in [1.82, 2.24) is 14.3 Å². The summed E-state index contributed by atoms with van der Waals surface area (Å²) in [5, 5.41) is 6.82. The Labute approximate surface area is 184 Å². The van der Waals surface area contributed by atoms with Crippen LogP contribution in [0.5, 0.6) is 0 Å². The number of carbonyl (C=O) groups is 2. The molecule has 0 unspecified atom stereocenters. The lowest BCUT2D eigenvalue weighted by Gasteiger charge is -2.25. The number of anilines is 3. The molecule has 7 nitrogen and oxygen atoms in total. The number of carbonyl (C=O) groups excluding carboxylic acids is 2. The molecular formula is C23H23N5O2S. The molecule has 0 radical (unpaired) electrons. The number of H-pyrrole nitrogens is 1. The van der Waals surface area contributed by atoms with E-state index in [1.54, 1.807) is 18.1 Å². The minimum Gasteiger partial charge on any atom is -0.355 e. The van der Waals surface area contributed by atoms with Crippen molar-refractivity contribution in [1.29, 1.82) is 0 Å². The average Bonchev–Trinajstić information content (AvgIpc) is 3.48. The van der Waals surface area contributed by atoms with Gasteiger partial charge in [0.2, 0.25) is 5.91 Å². The van der Waals surface area contributed by atoms with Gasteiger partial charge in [0.05, 0.1) is 30.0 Å². The quantitative estimate of drug-likeness (QED) is 0.493. The van der Waals surface area contributed by atoms with E-state index in [1.807, 2.05) is 42.5 Å². The van der Waals surface area contributed by atoms with Gasteiger partial charge in [-0.3, -0.25) is 9.59 Å². The number of aromatic nitrogens is 2. The Morgan fingerprint density at radius 1 is 1.19 bits per heavy atom. The van der Waals surface area contributed by atoms with Crippen molar-refractivity contribution in [2.45, 2.75) is 31.6 Å². The van der Waals surface area contributed by atoms with Gasteiger partial charge in [-0.15, -0.1) is 0 Å². The van der Waals surface area contributed by atoms with Gasteiger partial charge in [-0.25, -0.2) is 9.29 Å². The van der Waals surface area contributed by atoms with Crippen LogP contribution < -0.4 is 10.6 Å². The lowest BCUT2D eigenvalue weighted by molar-refractivity contribution is -0.114. The van der Waals surface area contributed by atoms with Crippen LogP contribution in [0.4, 0.5) is 17.2 Å². The molecule has 1 fully saturated rings. The average molecular weight is 434 g/mol. The van der Waals surface area contributed by atoms with Crippen LogP contribution in [-0.4, -0.2) is 37.8 Å². The Kier molecular flexibility index (Phi) is 5.25. The van der Waals surface area contributed by atoms with Crippen LogP contribution >= 0.6 is 11.9 Å². The van der Waals surface area contributed by atoms with Crippen LogP contribution in [0.15, 0.2) is 48.7 Å². The molecule has 0 bridgehead atoms. The molecule has 31 heavy (non-hydrogen) atoms. The third-order valence-electron chi connectivity index (χ3n) is 5.23. The predicted octanol–water partition coefficient (Wildman–Crippen LogP) is 4.59. The summed E-state index contributed by atoms with van der Waals surface area (Å²) in [7, 11) is 0. The van der Waals surface area contributed by atoms with E-state index < -0.39 is 0 Å². The van der Waals surface area contributed by atoms with E-state index in [9.17, 15) is 9.59 Å². The number of nitrogens with zero attached hydrogens (tertiary/aromatic N) is 2. The Morgan fingerprint density at radius 2 is 2.00 bits per heavy atom. The largest absolute Gasteiger partial charge is 0.355 e. The number of hydrogen-bond acceptors (Lipinski definition) is 6. The fraction of sp³-hybridized carbons (Fsp3) is 0.261. The number of hydrogen-bond donors (Lipinski definition) is 3. The molecule has 1 aliphatic heterocycles. The smallest absolute Gasteiger partial charge is 0.222 e. The number of pyridine rings is 1. The first kappa shape index (κ1) is 19.8. The minimum absolute atomic E-state index is 0.103. The van der Waals surface area contributed by atoms with Crippen LogP contribution in [0.1, 0.15) is 35.8 Å². The van der Waals surface area contributed by atoms with Gasteiger partial charge in [-0.2, -0.15) is 0 Å². The fourth-order valence-electron chi connectivity index (χ4n) is 3.75. The van der Waals surface area contributed by atoms with E-state index in [2.05, 4.69) is 24.9 Å². The van der Waals surface area contributed by atoms with Crippen molar-refractivity contribution in [2.75, 3.05) is 17.2 Å². The second kappa shape index (κ2) is 8.20. The first-order chi connectivity index (χ1) is 15.1. The van der Waals surface area contributed by atoms with Crippen molar-refractivity contribution < 1.29 is 9.59 Å². The predicted molar refractivity (Wildman–Crippen MR) is 123 cm³/mol. The van der Waals surface area contributed by atoms with Crippen molar-refractivity contribution in [3.63, 3.8) is 0 Å². The molecule has 1 aliphatic carbocycles. The summed E-state index contributed by atoms with van der Waals surface area (Å²) in [5.74, 6) is 0.396. The van der Waals surface area contributed by atoms with Crippen molar-refractivity contribution >= 4 is 40.8 Å². The standard InChI is InChI=1S/C23H23N5O2S/c1-14(29)25-20-11-15(9-10-24-20)22-23(26-16-5-3-2-4-6-16)21-18(27-22)12-28(13-19(21)30)31-17-7-8-17/h2-6,9-11,17,26-27H,7-8,12-13H2,1H3,(H,24,25,29). The highest BCUT2D eigenvalue weighted by atomic mass is 32.2. The third kappa shape index (κ3) is 4.35. The summed E-state index contributed by atoms with van der Waals surface area (Å²) >= 11 is 1.79. The van der Waals surface area contributed by atoms with Crippen molar-refractivity contribution in [2.24, 2.45) is 0 Å². The molecule has 2 aromatic heterocycles. The van der Waals surface area contributed by atoms with Gasteiger partial charge in [0.25, 0.3) is 0 Å². The van der Waals surface area contributed by atoms with Crippen LogP contribution in [0.3, 0.4) is 0 Å². The van der Waals surface area contributed by atoms with Gasteiger partial charge in [0.1, 0.15) is 5.82 Å². The second-order valence-electron chi connectivity index (χ2n) is 7.86. The van der Waals surface area contributed by atoms with E-state index in [-0.39, 0.29) is 11.7 Å². The normalized spacial score (nSPS) is 16.1. The number of nitrogens with one attached hydrogen (secondary N) is 3. The van der Waals surface area contributed by atoms with E-state index in [0.29, 0.717) is 29.7 Å². The number of amides is 1. The maximum absolute atomic E-state index is 13.2. The lowest BCUT2D eigenvalue weighted by atomic mass is 10.0. The molecule has 8 heteroatoms. The minimum atomic E-state index is -0.180. The molecule has 2 aliphatic rings. The van der Waals surface area contributed by atoms with E-state index in [4.69, 9.17) is 0 Å². The van der Waals surface area contributed by atoms with E-state index in [1.165, 1.54) is 19.8 Å². The molecule has 3 N–H and O–H groups in total. The number of para-hydroxylation sites is 1. The van der Waals surface area contributed by atoms with Crippen LogP contribution in [-0.2, 0) is 11.3 Å². The van der Waals surface area contributed by atoms with Crippen LogP contribution in [0, 0.1) is 0 Å². The Balaban J connectivity index is 1.57. The molecule has 3 heterocycles. The second-order valence-corrected chi connectivity index (χ2v) is 9.25. The fourth-order valence-corrected chi connectivity index (χ4v) is 4.91. The highest BCUT2D eigenvalue weighted by Gasteiger charge is 2.34. The first-order valence-electron chi connectivity index (χ1n) is 10.3. The first-order valence-corrected chi connectivity index (χ1v) is 11.2. The SMILES string of the molecule is CC(=O)Nc1cc(-c2[nH]c3c(c2Nc2ccccc2)C(=O)CN(SC2CC2)C3)ccn1. The summed E-state index contributed by atoms with van der Waals surface area (Å²) < 4.78 is 2.16. The molecule has 0 spiro atoms. The molecule has 1 aromatic carbocycles. The highest BCUT2D eigenvalue weighted by Crippen LogP contribution is 2.42. The molecule has 3 aromatic rings. The Bertz CT molecular complexity index is 1140. The zero-order valence-electron chi connectivity index (χ0n) is 17.1. The zero-order chi connectivity index (χ0) is 21.4. The monoisotopic (exact) mass is 433 g/mol. The molecule has 1 amide bonds. The summed E-state index contributed by atoms with van der Waals surface area (Å²) in [4.78, 5) is 32.4. The zero-order valence-corrected chi connectivity index (χ0v) is 18.0. The highest BCUT2D eigenvalue weighted by molar-refractivity contribution is 7.97. The number of benzene rings is 1. The van der Waals surface area contributed by atoms with E-state index in [0.717, 1.165) is 28.3 Å². The molecule has 0 atom stereocenters. The molecule has 5 rings (SSSR count). The number of Topliss-reactive ketones (excluding diaryl/α,β-unsaturated/α-hetero) is 1. The molecule has 0 saturated heterocycles. The lowest BCUT2D eigenvalue weighted by Crippen LogP contribution is -2.30. The van der Waals surface area contributed by atoms with Crippen molar-refractivity contribution in [3.05, 3.63) is 59.9 Å². The van der Waals surface area contributed by atoms with E-state index >= 15 is 0 Å². The van der Waals surface area contributed by atoms with Gasteiger partial charge >= 0.3 is 0 Å². The Hall–Kier alpha value is -3.10. The summed E-state index contributed by atoms with van der Waals surface area (Å²) in [5.41, 5.74) is 4.96. The maximum Gasteiger partial charge on any atom is 0.222 e. The maximum atomic E-state index is 13.2.